The number of rotatable bonds is 7. The molecule has 2 atom stereocenters. The average molecular weight is 615 g/mol. The fourth-order valence-electron chi connectivity index (χ4n) is 6.30. The van der Waals surface area contributed by atoms with Gasteiger partial charge in [-0.25, -0.2) is 23.1 Å². The summed E-state index contributed by atoms with van der Waals surface area (Å²) < 4.78 is 32.4. The number of nitrogens with zero attached hydrogens (tertiary/aromatic N) is 6. The number of pyridine rings is 1. The minimum atomic E-state index is -0.732. The Morgan fingerprint density at radius 1 is 1.07 bits per heavy atom. The topological polar surface area (TPSA) is 74.6 Å². The van der Waals surface area contributed by atoms with E-state index in [1.54, 1.807) is 11.0 Å². The summed E-state index contributed by atoms with van der Waals surface area (Å²) in [6, 6.07) is 10.8. The SMILES string of the molecule is C=CC(=O)N1CC(C)N(c2nc(=O)n(-c3c(C)cc(CN(C)C)cc3C(C)C)c3nc(-c4ccccc4F)c(F)cc23)CC1C. The van der Waals surface area contributed by atoms with Crippen molar-refractivity contribution in [2.24, 2.45) is 0 Å². The lowest BCUT2D eigenvalue weighted by atomic mass is 9.94. The monoisotopic (exact) mass is 614 g/mol. The number of amides is 1. The van der Waals surface area contributed by atoms with Gasteiger partial charge in [0, 0.05) is 37.3 Å². The van der Waals surface area contributed by atoms with Gasteiger partial charge in [-0.05, 0) is 81.7 Å². The van der Waals surface area contributed by atoms with Crippen molar-refractivity contribution in [3.63, 3.8) is 0 Å². The van der Waals surface area contributed by atoms with Crippen LogP contribution in [0.5, 0.6) is 0 Å². The molecular formula is C35H40F2N6O2. The average Bonchev–Trinajstić information content (AvgIpc) is 2.97. The molecule has 0 saturated carbocycles. The van der Waals surface area contributed by atoms with Crippen molar-refractivity contribution in [3.05, 3.63) is 93.9 Å². The van der Waals surface area contributed by atoms with Gasteiger partial charge in [0.05, 0.1) is 11.1 Å². The molecule has 10 heteroatoms. The lowest BCUT2D eigenvalue weighted by Gasteiger charge is -2.44. The van der Waals surface area contributed by atoms with Gasteiger partial charge in [0.1, 0.15) is 23.1 Å². The van der Waals surface area contributed by atoms with Gasteiger partial charge in [-0.2, -0.15) is 4.98 Å². The Balaban J connectivity index is 1.83. The predicted molar refractivity (Wildman–Crippen MR) is 175 cm³/mol. The second kappa shape index (κ2) is 12.5. The summed E-state index contributed by atoms with van der Waals surface area (Å²) in [4.78, 5) is 41.7. The minimum absolute atomic E-state index is 0.00469. The normalized spacial score (nSPS) is 17.0. The smallest absolute Gasteiger partial charge is 0.349 e. The maximum absolute atomic E-state index is 16.0. The Bertz CT molecular complexity index is 1850. The first-order chi connectivity index (χ1) is 21.3. The minimum Gasteiger partial charge on any atom is -0.349 e. The van der Waals surface area contributed by atoms with Crippen LogP contribution < -0.4 is 10.6 Å². The van der Waals surface area contributed by atoms with Gasteiger partial charge in [0.2, 0.25) is 5.91 Å². The fourth-order valence-corrected chi connectivity index (χ4v) is 6.30. The van der Waals surface area contributed by atoms with Gasteiger partial charge in [-0.1, -0.05) is 44.7 Å². The number of benzene rings is 2. The van der Waals surface area contributed by atoms with Crippen LogP contribution in [0.25, 0.3) is 28.0 Å². The highest BCUT2D eigenvalue weighted by atomic mass is 19.1. The van der Waals surface area contributed by atoms with E-state index in [9.17, 15) is 14.0 Å². The molecule has 2 unspecified atom stereocenters. The van der Waals surface area contributed by atoms with Crippen LogP contribution in [0.15, 0.2) is 59.9 Å². The third-order valence-electron chi connectivity index (χ3n) is 8.38. The Morgan fingerprint density at radius 2 is 1.78 bits per heavy atom. The summed E-state index contributed by atoms with van der Waals surface area (Å²) in [5.41, 5.74) is 2.88. The molecule has 1 fully saturated rings. The summed E-state index contributed by atoms with van der Waals surface area (Å²) in [5, 5.41) is 0.321. The first-order valence-electron chi connectivity index (χ1n) is 15.2. The fraction of sp³-hybridized carbons (Fsp3) is 0.371. The lowest BCUT2D eigenvalue weighted by molar-refractivity contribution is -0.128. The van der Waals surface area contributed by atoms with E-state index in [4.69, 9.17) is 4.98 Å². The molecular weight excluding hydrogens is 574 g/mol. The van der Waals surface area contributed by atoms with E-state index in [-0.39, 0.29) is 46.6 Å². The summed E-state index contributed by atoms with van der Waals surface area (Å²) >= 11 is 0. The quantitative estimate of drug-likeness (QED) is 0.244. The molecule has 1 amide bonds. The van der Waals surface area contributed by atoms with E-state index < -0.39 is 17.3 Å². The van der Waals surface area contributed by atoms with Crippen molar-refractivity contribution in [2.45, 2.75) is 59.2 Å². The molecule has 4 aromatic rings. The van der Waals surface area contributed by atoms with Crippen LogP contribution in [0, 0.1) is 18.6 Å². The molecule has 0 aliphatic carbocycles. The molecule has 5 rings (SSSR count). The van der Waals surface area contributed by atoms with Crippen molar-refractivity contribution in [3.8, 4) is 16.9 Å². The molecule has 0 spiro atoms. The molecule has 236 valence electrons. The Kier molecular flexibility index (Phi) is 8.89. The van der Waals surface area contributed by atoms with Crippen LogP contribution in [0.2, 0.25) is 0 Å². The van der Waals surface area contributed by atoms with Crippen LogP contribution in [0.4, 0.5) is 14.6 Å². The van der Waals surface area contributed by atoms with Crippen molar-refractivity contribution in [1.29, 1.82) is 0 Å². The highest BCUT2D eigenvalue weighted by molar-refractivity contribution is 5.91. The van der Waals surface area contributed by atoms with Crippen LogP contribution in [0.1, 0.15) is 50.3 Å². The maximum Gasteiger partial charge on any atom is 0.355 e. The lowest BCUT2D eigenvalue weighted by Crippen LogP contribution is -2.58. The summed E-state index contributed by atoms with van der Waals surface area (Å²) in [5.74, 6) is -1.23. The second-order valence-corrected chi connectivity index (χ2v) is 12.5. The standard InChI is InChI=1S/C35H40F2N6O2/c1-9-30(44)41-17-23(6)42(18-22(41)5)33-27-16-29(37)31(25-12-10-11-13-28(25)36)38-34(27)43(35(45)39-33)32-21(4)14-24(19-40(7)8)15-26(32)20(2)3/h9-16,20,22-23H,1,17-19H2,2-8H3. The Hall–Kier alpha value is -4.44. The predicted octanol–water partition coefficient (Wildman–Crippen LogP) is 5.83. The third kappa shape index (κ3) is 5.99. The van der Waals surface area contributed by atoms with Crippen molar-refractivity contribution >= 4 is 22.8 Å². The van der Waals surface area contributed by atoms with Crippen molar-refractivity contribution < 1.29 is 13.6 Å². The largest absolute Gasteiger partial charge is 0.355 e. The van der Waals surface area contributed by atoms with Gasteiger partial charge in [-0.3, -0.25) is 4.79 Å². The molecule has 2 aromatic carbocycles. The van der Waals surface area contributed by atoms with E-state index in [2.05, 4.69) is 36.4 Å². The Morgan fingerprint density at radius 3 is 2.42 bits per heavy atom. The molecule has 3 heterocycles. The first kappa shape index (κ1) is 32.0. The van der Waals surface area contributed by atoms with Crippen LogP contribution in [0.3, 0.4) is 0 Å². The number of halogens is 2. The van der Waals surface area contributed by atoms with Crippen LogP contribution >= 0.6 is 0 Å². The molecule has 0 N–H and O–H groups in total. The number of carbonyl (C=O) groups excluding carboxylic acids is 1. The first-order valence-corrected chi connectivity index (χ1v) is 15.2. The molecule has 45 heavy (non-hydrogen) atoms. The second-order valence-electron chi connectivity index (χ2n) is 12.5. The number of hydrogen-bond donors (Lipinski definition) is 0. The summed E-state index contributed by atoms with van der Waals surface area (Å²) in [6.45, 7) is 14.9. The molecule has 1 aliphatic rings. The molecule has 1 saturated heterocycles. The van der Waals surface area contributed by atoms with Gasteiger partial charge in [0.15, 0.2) is 5.65 Å². The number of piperazine rings is 1. The number of anilines is 1. The number of aromatic nitrogens is 3. The molecule has 8 nitrogen and oxygen atoms in total. The third-order valence-corrected chi connectivity index (χ3v) is 8.38. The van der Waals surface area contributed by atoms with Gasteiger partial charge >= 0.3 is 5.69 Å². The maximum atomic E-state index is 16.0. The zero-order chi connectivity index (χ0) is 32.7. The van der Waals surface area contributed by atoms with Crippen molar-refractivity contribution in [2.75, 3.05) is 32.1 Å². The zero-order valence-electron chi connectivity index (χ0n) is 26.9. The molecule has 0 bridgehead atoms. The van der Waals surface area contributed by atoms with E-state index in [0.717, 1.165) is 16.7 Å². The van der Waals surface area contributed by atoms with E-state index in [1.165, 1.54) is 34.9 Å². The summed E-state index contributed by atoms with van der Waals surface area (Å²) in [7, 11) is 3.99. The zero-order valence-corrected chi connectivity index (χ0v) is 26.9. The van der Waals surface area contributed by atoms with Gasteiger partial charge in [0.25, 0.3) is 0 Å². The Labute approximate surface area is 262 Å². The number of hydrogen-bond acceptors (Lipinski definition) is 6. The number of aryl methyl sites for hydroxylation is 1. The number of fused-ring (bicyclic) bond motifs is 1. The van der Waals surface area contributed by atoms with E-state index in [1.807, 2.05) is 45.8 Å². The van der Waals surface area contributed by atoms with Gasteiger partial charge < -0.3 is 14.7 Å². The highest BCUT2D eigenvalue weighted by Crippen LogP contribution is 2.35. The van der Waals surface area contributed by atoms with E-state index in [0.29, 0.717) is 30.7 Å². The van der Waals surface area contributed by atoms with Crippen LogP contribution in [-0.2, 0) is 11.3 Å². The van der Waals surface area contributed by atoms with Gasteiger partial charge in [-0.15, -0.1) is 0 Å². The van der Waals surface area contributed by atoms with Crippen LogP contribution in [-0.4, -0.2) is 69.5 Å². The van der Waals surface area contributed by atoms with Crippen molar-refractivity contribution in [1.82, 2.24) is 24.3 Å². The number of carbonyl (C=O) groups is 1. The molecule has 1 aliphatic heterocycles. The highest BCUT2D eigenvalue weighted by Gasteiger charge is 2.34. The van der Waals surface area contributed by atoms with E-state index >= 15 is 4.39 Å². The molecule has 2 aromatic heterocycles. The molecule has 0 radical (unpaired) electrons. The summed E-state index contributed by atoms with van der Waals surface area (Å²) in [6.07, 6.45) is 1.29.